The molecule has 0 saturated carbocycles. The molecule has 1 rings (SSSR count). The average Bonchev–Trinajstić information content (AvgIpc) is 2.68. The van der Waals surface area contributed by atoms with Gasteiger partial charge in [-0.2, -0.15) is 0 Å². The number of imidazole rings is 1. The van der Waals surface area contributed by atoms with Crippen molar-refractivity contribution in [2.45, 2.75) is 32.1 Å². The zero-order chi connectivity index (χ0) is 12.5. The fraction of sp³-hybridized carbons (Fsp3) is 0.667. The summed E-state index contributed by atoms with van der Waals surface area (Å²) in [4.78, 5) is 14.5. The second-order valence-electron chi connectivity index (χ2n) is 4.16. The molecule has 0 fully saturated rings. The van der Waals surface area contributed by atoms with Crippen molar-refractivity contribution in [3.8, 4) is 0 Å². The van der Waals surface area contributed by atoms with Crippen LogP contribution in [-0.2, 0) is 18.3 Å². The molecule has 0 aliphatic heterocycles. The number of hydrogen-bond donors (Lipinski definition) is 2. The second-order valence-corrected chi connectivity index (χ2v) is 4.16. The highest BCUT2D eigenvalue weighted by atomic mass is 16.4. The number of carboxylic acid groups (broad SMARTS) is 1. The molecule has 0 aliphatic carbocycles. The highest BCUT2D eigenvalue weighted by Gasteiger charge is 1.98. The maximum atomic E-state index is 10.3. The average molecular weight is 239 g/mol. The molecule has 2 N–H and O–H groups in total. The fourth-order valence-corrected chi connectivity index (χ4v) is 1.67. The molecule has 0 aliphatic rings. The van der Waals surface area contributed by atoms with Crippen molar-refractivity contribution < 1.29 is 9.90 Å². The zero-order valence-corrected chi connectivity index (χ0v) is 10.4. The van der Waals surface area contributed by atoms with E-state index in [0.717, 1.165) is 44.6 Å². The summed E-state index contributed by atoms with van der Waals surface area (Å²) in [6.45, 7) is 1.87. The van der Waals surface area contributed by atoms with E-state index in [1.54, 1.807) is 6.20 Å². The Labute approximate surface area is 102 Å². The van der Waals surface area contributed by atoms with E-state index in [1.807, 2.05) is 17.8 Å². The monoisotopic (exact) mass is 239 g/mol. The first kappa shape index (κ1) is 13.7. The van der Waals surface area contributed by atoms with Crippen molar-refractivity contribution in [2.75, 3.05) is 13.1 Å². The van der Waals surface area contributed by atoms with Gasteiger partial charge in [-0.15, -0.1) is 0 Å². The summed E-state index contributed by atoms with van der Waals surface area (Å²) < 4.78 is 2.02. The van der Waals surface area contributed by atoms with E-state index >= 15 is 0 Å². The number of aromatic nitrogens is 2. The van der Waals surface area contributed by atoms with Crippen molar-refractivity contribution >= 4 is 5.97 Å². The van der Waals surface area contributed by atoms with Crippen molar-refractivity contribution in [3.63, 3.8) is 0 Å². The summed E-state index contributed by atoms with van der Waals surface area (Å²) in [6.07, 6.45) is 7.75. The zero-order valence-electron chi connectivity index (χ0n) is 10.4. The Hall–Kier alpha value is -1.36. The van der Waals surface area contributed by atoms with Gasteiger partial charge in [-0.05, 0) is 19.4 Å². The third-order valence-corrected chi connectivity index (χ3v) is 2.69. The summed E-state index contributed by atoms with van der Waals surface area (Å²) in [6, 6.07) is 0. The predicted octanol–water partition coefficient (Wildman–Crippen LogP) is 1.20. The van der Waals surface area contributed by atoms with Crippen LogP contribution in [0.4, 0.5) is 0 Å². The van der Waals surface area contributed by atoms with E-state index < -0.39 is 5.97 Å². The second kappa shape index (κ2) is 7.84. The number of aryl methyl sites for hydroxylation is 1. The minimum atomic E-state index is -0.701. The molecule has 0 amide bonds. The lowest BCUT2D eigenvalue weighted by Crippen LogP contribution is -2.19. The molecule has 0 radical (unpaired) electrons. The van der Waals surface area contributed by atoms with Crippen LogP contribution in [0.1, 0.15) is 31.5 Å². The molecule has 5 nitrogen and oxygen atoms in total. The minimum Gasteiger partial charge on any atom is -0.481 e. The van der Waals surface area contributed by atoms with Crippen LogP contribution in [0.5, 0.6) is 0 Å². The lowest BCUT2D eigenvalue weighted by atomic mass is 10.2. The molecule has 0 aromatic carbocycles. The summed E-state index contributed by atoms with van der Waals surface area (Å²) in [5.74, 6) is 0.385. The van der Waals surface area contributed by atoms with Crippen LogP contribution in [0.15, 0.2) is 12.4 Å². The van der Waals surface area contributed by atoms with Gasteiger partial charge >= 0.3 is 5.97 Å². The van der Waals surface area contributed by atoms with E-state index in [9.17, 15) is 4.79 Å². The van der Waals surface area contributed by atoms with Crippen LogP contribution in [0.25, 0.3) is 0 Å². The van der Waals surface area contributed by atoms with Crippen molar-refractivity contribution in [1.82, 2.24) is 14.9 Å². The van der Waals surface area contributed by atoms with Gasteiger partial charge in [0, 0.05) is 38.8 Å². The van der Waals surface area contributed by atoms with Crippen LogP contribution >= 0.6 is 0 Å². The SMILES string of the molecule is Cn1ccnc1CCNCCCCCC(=O)O. The number of hydrogen-bond acceptors (Lipinski definition) is 3. The van der Waals surface area contributed by atoms with E-state index in [0.29, 0.717) is 0 Å². The van der Waals surface area contributed by atoms with E-state index in [-0.39, 0.29) is 6.42 Å². The van der Waals surface area contributed by atoms with E-state index in [1.165, 1.54) is 0 Å². The Balaban J connectivity index is 1.91. The van der Waals surface area contributed by atoms with Crippen molar-refractivity contribution in [3.05, 3.63) is 18.2 Å². The fourth-order valence-electron chi connectivity index (χ4n) is 1.67. The van der Waals surface area contributed by atoms with Crippen LogP contribution in [-0.4, -0.2) is 33.7 Å². The number of nitrogens with zero attached hydrogens (tertiary/aromatic N) is 2. The molecule has 1 aromatic heterocycles. The maximum absolute atomic E-state index is 10.3. The van der Waals surface area contributed by atoms with Crippen LogP contribution in [0.3, 0.4) is 0 Å². The summed E-state index contributed by atoms with van der Waals surface area (Å²) >= 11 is 0. The van der Waals surface area contributed by atoms with Crippen LogP contribution in [0.2, 0.25) is 0 Å². The normalized spacial score (nSPS) is 10.6. The molecule has 1 heterocycles. The van der Waals surface area contributed by atoms with Crippen molar-refractivity contribution in [2.24, 2.45) is 7.05 Å². The van der Waals surface area contributed by atoms with Gasteiger partial charge in [0.05, 0.1) is 0 Å². The molecule has 0 bridgehead atoms. The van der Waals surface area contributed by atoms with Crippen LogP contribution in [0, 0.1) is 0 Å². The molecule has 0 unspecified atom stereocenters. The number of unbranched alkanes of at least 4 members (excludes halogenated alkanes) is 2. The van der Waals surface area contributed by atoms with Crippen molar-refractivity contribution in [1.29, 1.82) is 0 Å². The smallest absolute Gasteiger partial charge is 0.303 e. The van der Waals surface area contributed by atoms with Gasteiger partial charge in [0.2, 0.25) is 0 Å². The van der Waals surface area contributed by atoms with Gasteiger partial charge in [-0.1, -0.05) is 6.42 Å². The van der Waals surface area contributed by atoms with Gasteiger partial charge in [-0.3, -0.25) is 4.79 Å². The molecular formula is C12H21N3O2. The molecule has 0 saturated heterocycles. The Morgan fingerprint density at radius 1 is 1.41 bits per heavy atom. The number of carbonyl (C=O) groups is 1. The molecule has 0 atom stereocenters. The molecule has 5 heteroatoms. The van der Waals surface area contributed by atoms with E-state index in [2.05, 4.69) is 10.3 Å². The third-order valence-electron chi connectivity index (χ3n) is 2.69. The maximum Gasteiger partial charge on any atom is 0.303 e. The number of rotatable bonds is 9. The van der Waals surface area contributed by atoms with Gasteiger partial charge in [-0.25, -0.2) is 4.98 Å². The number of aliphatic carboxylic acids is 1. The van der Waals surface area contributed by atoms with Gasteiger partial charge < -0.3 is 15.0 Å². The Kier molecular flexibility index (Phi) is 6.32. The van der Waals surface area contributed by atoms with E-state index in [4.69, 9.17) is 5.11 Å². The molecule has 0 spiro atoms. The highest BCUT2D eigenvalue weighted by molar-refractivity contribution is 5.66. The lowest BCUT2D eigenvalue weighted by Gasteiger charge is -2.04. The van der Waals surface area contributed by atoms with Gasteiger partial charge in [0.25, 0.3) is 0 Å². The minimum absolute atomic E-state index is 0.285. The highest BCUT2D eigenvalue weighted by Crippen LogP contribution is 1.99. The number of nitrogens with one attached hydrogen (secondary N) is 1. The Bertz CT molecular complexity index is 336. The largest absolute Gasteiger partial charge is 0.481 e. The third kappa shape index (κ3) is 6.06. The molecule has 17 heavy (non-hydrogen) atoms. The summed E-state index contributed by atoms with van der Waals surface area (Å²) in [7, 11) is 1.99. The first-order chi connectivity index (χ1) is 8.20. The van der Waals surface area contributed by atoms with Gasteiger partial charge in [0.15, 0.2) is 0 Å². The van der Waals surface area contributed by atoms with Gasteiger partial charge in [0.1, 0.15) is 5.82 Å². The lowest BCUT2D eigenvalue weighted by molar-refractivity contribution is -0.137. The molecular weight excluding hydrogens is 218 g/mol. The summed E-state index contributed by atoms with van der Waals surface area (Å²) in [5.41, 5.74) is 0. The Morgan fingerprint density at radius 2 is 2.24 bits per heavy atom. The van der Waals surface area contributed by atoms with Crippen LogP contribution < -0.4 is 5.32 Å². The standard InChI is InChI=1S/C12H21N3O2/c1-15-10-9-14-11(15)6-8-13-7-4-2-3-5-12(16)17/h9-10,13H,2-8H2,1H3,(H,16,17). The summed E-state index contributed by atoms with van der Waals surface area (Å²) in [5, 5.41) is 11.8. The first-order valence-corrected chi connectivity index (χ1v) is 6.09. The Morgan fingerprint density at radius 3 is 2.88 bits per heavy atom. The topological polar surface area (TPSA) is 67.2 Å². The number of carboxylic acids is 1. The predicted molar refractivity (Wildman–Crippen MR) is 65.9 cm³/mol. The quantitative estimate of drug-likeness (QED) is 0.635. The molecule has 1 aromatic rings. The molecule has 96 valence electrons. The first-order valence-electron chi connectivity index (χ1n) is 6.09.